The molecule has 0 saturated heterocycles. The first-order valence-electron chi connectivity index (χ1n) is 8.24. The normalized spacial score (nSPS) is 12.3. The van der Waals surface area contributed by atoms with E-state index in [1.807, 2.05) is 18.2 Å². The summed E-state index contributed by atoms with van der Waals surface area (Å²) < 4.78 is 0. The van der Waals surface area contributed by atoms with Crippen molar-refractivity contribution in [1.82, 2.24) is 4.90 Å². The van der Waals surface area contributed by atoms with E-state index in [9.17, 15) is 4.79 Å². The maximum Gasteiger partial charge on any atom is 0.335 e. The Bertz CT molecular complexity index is 625. The van der Waals surface area contributed by atoms with Crippen molar-refractivity contribution >= 4 is 5.97 Å². The van der Waals surface area contributed by atoms with Crippen molar-refractivity contribution in [3.63, 3.8) is 0 Å². The third-order valence-corrected chi connectivity index (χ3v) is 4.27. The molecule has 0 radical (unpaired) electrons. The lowest BCUT2D eigenvalue weighted by Gasteiger charge is -2.30. The molecule has 3 nitrogen and oxygen atoms in total. The Morgan fingerprint density at radius 1 is 1.04 bits per heavy atom. The number of carbonyl (C=O) groups is 1. The van der Waals surface area contributed by atoms with Crippen LogP contribution in [0.5, 0.6) is 0 Å². The molecule has 0 bridgehead atoms. The van der Waals surface area contributed by atoms with Crippen LogP contribution >= 0.6 is 0 Å². The van der Waals surface area contributed by atoms with Gasteiger partial charge in [0.15, 0.2) is 0 Å². The minimum Gasteiger partial charge on any atom is -0.478 e. The molecule has 122 valence electrons. The number of rotatable bonds is 8. The lowest BCUT2D eigenvalue weighted by atomic mass is 10.0. The van der Waals surface area contributed by atoms with Crippen LogP contribution in [0, 0.1) is 0 Å². The van der Waals surface area contributed by atoms with Crippen LogP contribution in [0.2, 0.25) is 0 Å². The Labute approximate surface area is 138 Å². The van der Waals surface area contributed by atoms with Crippen molar-refractivity contribution in [2.75, 3.05) is 6.54 Å². The molecule has 3 heteroatoms. The first kappa shape index (κ1) is 17.2. The Morgan fingerprint density at radius 2 is 1.74 bits per heavy atom. The second-order valence-electron chi connectivity index (χ2n) is 5.82. The van der Waals surface area contributed by atoms with Gasteiger partial charge in [-0.05, 0) is 42.6 Å². The summed E-state index contributed by atoms with van der Waals surface area (Å²) in [6.07, 6.45) is 2.09. The summed E-state index contributed by atoms with van der Waals surface area (Å²) in [5.41, 5.74) is 2.75. The van der Waals surface area contributed by atoms with Crippen LogP contribution in [0.3, 0.4) is 0 Å². The van der Waals surface area contributed by atoms with Crippen LogP contribution in [0.15, 0.2) is 54.6 Å². The summed E-state index contributed by atoms with van der Waals surface area (Å²) in [5.74, 6) is -0.869. The van der Waals surface area contributed by atoms with Gasteiger partial charge in [-0.2, -0.15) is 0 Å². The van der Waals surface area contributed by atoms with E-state index in [1.165, 1.54) is 5.56 Å². The molecule has 2 aromatic carbocycles. The number of likely N-dealkylation sites (N-methyl/N-ethyl adjacent to an activating group) is 1. The molecule has 1 atom stereocenters. The zero-order valence-corrected chi connectivity index (χ0v) is 13.9. The van der Waals surface area contributed by atoms with Crippen LogP contribution in [-0.4, -0.2) is 28.6 Å². The molecule has 0 aliphatic heterocycles. The van der Waals surface area contributed by atoms with Gasteiger partial charge in [-0.25, -0.2) is 4.79 Å². The van der Waals surface area contributed by atoms with Gasteiger partial charge in [-0.1, -0.05) is 56.3 Å². The topological polar surface area (TPSA) is 40.5 Å². The van der Waals surface area contributed by atoms with Crippen molar-refractivity contribution in [2.24, 2.45) is 0 Å². The Morgan fingerprint density at radius 3 is 2.35 bits per heavy atom. The summed E-state index contributed by atoms with van der Waals surface area (Å²) in [7, 11) is 0. The Balaban J connectivity index is 2.11. The monoisotopic (exact) mass is 311 g/mol. The first-order valence-corrected chi connectivity index (χ1v) is 8.24. The van der Waals surface area contributed by atoms with Crippen molar-refractivity contribution in [2.45, 2.75) is 39.3 Å². The van der Waals surface area contributed by atoms with E-state index in [0.717, 1.165) is 31.5 Å². The zero-order chi connectivity index (χ0) is 16.7. The van der Waals surface area contributed by atoms with E-state index in [0.29, 0.717) is 11.6 Å². The molecule has 0 aromatic heterocycles. The molecular formula is C20H25NO2. The molecule has 0 aliphatic carbocycles. The predicted octanol–water partition coefficient (Wildman–Crippen LogP) is 4.23. The molecule has 23 heavy (non-hydrogen) atoms. The average Bonchev–Trinajstić information content (AvgIpc) is 2.59. The van der Waals surface area contributed by atoms with Crippen molar-refractivity contribution in [3.05, 3.63) is 71.3 Å². The predicted molar refractivity (Wildman–Crippen MR) is 93.7 cm³/mol. The molecule has 0 spiro atoms. The van der Waals surface area contributed by atoms with Crippen molar-refractivity contribution in [3.8, 4) is 0 Å². The van der Waals surface area contributed by atoms with E-state index < -0.39 is 5.97 Å². The van der Waals surface area contributed by atoms with E-state index >= 15 is 0 Å². The molecule has 2 rings (SSSR count). The maximum absolute atomic E-state index is 11.1. The summed E-state index contributed by atoms with van der Waals surface area (Å²) in [6, 6.07) is 18.2. The number of hydrogen-bond acceptors (Lipinski definition) is 2. The van der Waals surface area contributed by atoms with Crippen LogP contribution in [-0.2, 0) is 13.0 Å². The van der Waals surface area contributed by atoms with Crippen LogP contribution in [0.1, 0.15) is 41.8 Å². The number of carboxylic acids is 1. The van der Waals surface area contributed by atoms with Crippen LogP contribution < -0.4 is 0 Å². The number of aromatic carboxylic acids is 1. The number of carboxylic acid groups (broad SMARTS) is 1. The van der Waals surface area contributed by atoms with Gasteiger partial charge < -0.3 is 5.11 Å². The lowest BCUT2D eigenvalue weighted by molar-refractivity contribution is 0.0696. The number of nitrogens with zero attached hydrogens (tertiary/aromatic N) is 1. The van der Waals surface area contributed by atoms with Gasteiger partial charge in [0.05, 0.1) is 5.56 Å². The SMILES string of the molecule is CCC(Cc1ccccc1)N(CC)Cc1cccc(C(=O)O)c1. The van der Waals surface area contributed by atoms with E-state index in [2.05, 4.69) is 43.0 Å². The second kappa shape index (κ2) is 8.49. The van der Waals surface area contributed by atoms with Crippen molar-refractivity contribution in [1.29, 1.82) is 0 Å². The molecule has 0 heterocycles. The third kappa shape index (κ3) is 4.93. The molecule has 1 unspecified atom stereocenters. The summed E-state index contributed by atoms with van der Waals surface area (Å²) in [6.45, 7) is 6.10. The second-order valence-corrected chi connectivity index (χ2v) is 5.82. The maximum atomic E-state index is 11.1. The number of hydrogen-bond donors (Lipinski definition) is 1. The van der Waals surface area contributed by atoms with Gasteiger partial charge in [0.1, 0.15) is 0 Å². The minimum absolute atomic E-state index is 0.356. The van der Waals surface area contributed by atoms with E-state index in [4.69, 9.17) is 5.11 Å². The fourth-order valence-electron chi connectivity index (χ4n) is 2.95. The first-order chi connectivity index (χ1) is 11.1. The minimum atomic E-state index is -0.869. The Kier molecular flexibility index (Phi) is 6.36. The summed E-state index contributed by atoms with van der Waals surface area (Å²) >= 11 is 0. The highest BCUT2D eigenvalue weighted by Crippen LogP contribution is 2.16. The molecule has 2 aromatic rings. The average molecular weight is 311 g/mol. The summed E-state index contributed by atoms with van der Waals surface area (Å²) in [4.78, 5) is 13.6. The largest absolute Gasteiger partial charge is 0.478 e. The molecule has 1 N–H and O–H groups in total. The highest BCUT2D eigenvalue weighted by atomic mass is 16.4. The molecule has 0 saturated carbocycles. The van der Waals surface area contributed by atoms with Gasteiger partial charge in [0, 0.05) is 12.6 Å². The van der Waals surface area contributed by atoms with Gasteiger partial charge in [-0.3, -0.25) is 4.90 Å². The van der Waals surface area contributed by atoms with E-state index in [-0.39, 0.29) is 0 Å². The third-order valence-electron chi connectivity index (χ3n) is 4.27. The lowest BCUT2D eigenvalue weighted by Crippen LogP contribution is -2.35. The molecule has 0 aliphatic rings. The Hall–Kier alpha value is -2.13. The molecule has 0 amide bonds. The number of benzene rings is 2. The van der Waals surface area contributed by atoms with Crippen LogP contribution in [0.25, 0.3) is 0 Å². The summed E-state index contributed by atoms with van der Waals surface area (Å²) in [5, 5.41) is 9.14. The smallest absolute Gasteiger partial charge is 0.335 e. The highest BCUT2D eigenvalue weighted by molar-refractivity contribution is 5.87. The van der Waals surface area contributed by atoms with Gasteiger partial charge in [-0.15, -0.1) is 0 Å². The quantitative estimate of drug-likeness (QED) is 0.793. The van der Waals surface area contributed by atoms with Gasteiger partial charge in [0.2, 0.25) is 0 Å². The standard InChI is InChI=1S/C20H25NO2/c1-3-19(14-16-9-6-5-7-10-16)21(4-2)15-17-11-8-12-18(13-17)20(22)23/h5-13,19H,3-4,14-15H2,1-2H3,(H,22,23). The fraction of sp³-hybridized carbons (Fsp3) is 0.350. The van der Waals surface area contributed by atoms with E-state index in [1.54, 1.807) is 12.1 Å². The zero-order valence-electron chi connectivity index (χ0n) is 13.9. The fourth-order valence-corrected chi connectivity index (χ4v) is 2.95. The molecule has 0 fully saturated rings. The molecular weight excluding hydrogens is 286 g/mol. The van der Waals surface area contributed by atoms with Crippen LogP contribution in [0.4, 0.5) is 0 Å². The van der Waals surface area contributed by atoms with Gasteiger partial charge in [0.25, 0.3) is 0 Å². The van der Waals surface area contributed by atoms with Crippen molar-refractivity contribution < 1.29 is 9.90 Å². The van der Waals surface area contributed by atoms with Gasteiger partial charge >= 0.3 is 5.97 Å². The highest BCUT2D eigenvalue weighted by Gasteiger charge is 2.16.